The standard InChI is InChI=1S/C15H11ClFN3/c16-11-4-5-14(12(17)7-11)20-15-10(8-18)6-9-2-1-3-13(9)19-15/h4-7H,1-3H2,(H,19,20). The number of halogens is 2. The van der Waals surface area contributed by atoms with Gasteiger partial charge in [0.15, 0.2) is 0 Å². The van der Waals surface area contributed by atoms with Crippen molar-refractivity contribution in [3.8, 4) is 6.07 Å². The second-order valence-electron chi connectivity index (χ2n) is 4.70. The van der Waals surface area contributed by atoms with Gasteiger partial charge >= 0.3 is 0 Å². The number of nitrogens with zero attached hydrogens (tertiary/aromatic N) is 2. The smallest absolute Gasteiger partial charge is 0.148 e. The van der Waals surface area contributed by atoms with Gasteiger partial charge in [0.1, 0.15) is 17.7 Å². The first-order chi connectivity index (χ1) is 9.67. The lowest BCUT2D eigenvalue weighted by Gasteiger charge is -2.10. The van der Waals surface area contributed by atoms with E-state index in [4.69, 9.17) is 11.6 Å². The molecule has 20 heavy (non-hydrogen) atoms. The van der Waals surface area contributed by atoms with Gasteiger partial charge in [-0.05, 0) is 49.1 Å². The highest BCUT2D eigenvalue weighted by molar-refractivity contribution is 6.30. The number of rotatable bonds is 2. The number of hydrogen-bond acceptors (Lipinski definition) is 3. The number of pyridine rings is 1. The van der Waals surface area contributed by atoms with Gasteiger partial charge in [-0.1, -0.05) is 11.6 Å². The monoisotopic (exact) mass is 287 g/mol. The van der Waals surface area contributed by atoms with Crippen LogP contribution in [0, 0.1) is 17.1 Å². The van der Waals surface area contributed by atoms with Gasteiger partial charge in [0.05, 0.1) is 11.3 Å². The predicted octanol–water partition coefficient (Wildman–Crippen LogP) is 3.98. The number of anilines is 2. The highest BCUT2D eigenvalue weighted by Gasteiger charge is 2.17. The van der Waals surface area contributed by atoms with E-state index in [1.807, 2.05) is 6.07 Å². The maximum absolute atomic E-state index is 13.8. The normalized spacial score (nSPS) is 12.8. The molecule has 0 unspecified atom stereocenters. The molecule has 0 spiro atoms. The zero-order valence-electron chi connectivity index (χ0n) is 10.6. The van der Waals surface area contributed by atoms with E-state index in [0.717, 1.165) is 30.5 Å². The number of fused-ring (bicyclic) bond motifs is 1. The number of aryl methyl sites for hydroxylation is 2. The third kappa shape index (κ3) is 2.33. The van der Waals surface area contributed by atoms with Crippen LogP contribution in [0.15, 0.2) is 24.3 Å². The minimum atomic E-state index is -0.469. The molecular formula is C15H11ClFN3. The van der Waals surface area contributed by atoms with Gasteiger partial charge < -0.3 is 5.32 Å². The Hall–Kier alpha value is -2.12. The summed E-state index contributed by atoms with van der Waals surface area (Å²) in [5.41, 5.74) is 2.79. The quantitative estimate of drug-likeness (QED) is 0.909. The van der Waals surface area contributed by atoms with E-state index in [1.54, 1.807) is 6.07 Å². The summed E-state index contributed by atoms with van der Waals surface area (Å²) in [4.78, 5) is 4.45. The van der Waals surface area contributed by atoms with E-state index >= 15 is 0 Å². The van der Waals surface area contributed by atoms with Crippen LogP contribution < -0.4 is 5.32 Å². The third-order valence-electron chi connectivity index (χ3n) is 3.36. The zero-order chi connectivity index (χ0) is 14.1. The third-order valence-corrected chi connectivity index (χ3v) is 3.59. The van der Waals surface area contributed by atoms with Crippen molar-refractivity contribution in [1.29, 1.82) is 5.26 Å². The largest absolute Gasteiger partial charge is 0.337 e. The van der Waals surface area contributed by atoms with Crippen molar-refractivity contribution >= 4 is 23.1 Å². The molecule has 1 aromatic carbocycles. The fourth-order valence-electron chi connectivity index (χ4n) is 2.37. The summed E-state index contributed by atoms with van der Waals surface area (Å²) < 4.78 is 13.8. The summed E-state index contributed by atoms with van der Waals surface area (Å²) in [6, 6.07) is 8.29. The highest BCUT2D eigenvalue weighted by Crippen LogP contribution is 2.28. The van der Waals surface area contributed by atoms with E-state index in [9.17, 15) is 9.65 Å². The zero-order valence-corrected chi connectivity index (χ0v) is 11.3. The molecule has 1 aliphatic rings. The molecule has 0 atom stereocenters. The van der Waals surface area contributed by atoms with E-state index < -0.39 is 5.82 Å². The topological polar surface area (TPSA) is 48.7 Å². The van der Waals surface area contributed by atoms with Crippen molar-refractivity contribution in [2.45, 2.75) is 19.3 Å². The Morgan fingerprint density at radius 3 is 2.90 bits per heavy atom. The fourth-order valence-corrected chi connectivity index (χ4v) is 2.53. The Morgan fingerprint density at radius 1 is 1.30 bits per heavy atom. The highest BCUT2D eigenvalue weighted by atomic mass is 35.5. The summed E-state index contributed by atoms with van der Waals surface area (Å²) in [5.74, 6) is -0.0712. The molecule has 0 amide bonds. The Bertz CT molecular complexity index is 722. The molecule has 3 rings (SSSR count). The summed E-state index contributed by atoms with van der Waals surface area (Å²) in [6.45, 7) is 0. The van der Waals surface area contributed by atoms with Crippen LogP contribution in [-0.2, 0) is 12.8 Å². The van der Waals surface area contributed by atoms with Crippen molar-refractivity contribution in [2.24, 2.45) is 0 Å². The molecule has 5 heteroatoms. The van der Waals surface area contributed by atoms with Crippen molar-refractivity contribution in [3.63, 3.8) is 0 Å². The fraction of sp³-hybridized carbons (Fsp3) is 0.200. The first-order valence-corrected chi connectivity index (χ1v) is 6.70. The molecule has 1 heterocycles. The minimum absolute atomic E-state index is 0.261. The second-order valence-corrected chi connectivity index (χ2v) is 5.14. The molecule has 1 N–H and O–H groups in total. The van der Waals surface area contributed by atoms with Gasteiger partial charge in [0.25, 0.3) is 0 Å². The van der Waals surface area contributed by atoms with E-state index in [1.165, 1.54) is 12.1 Å². The molecule has 1 aliphatic carbocycles. The van der Waals surface area contributed by atoms with E-state index in [-0.39, 0.29) is 5.69 Å². The maximum Gasteiger partial charge on any atom is 0.148 e. The lowest BCUT2D eigenvalue weighted by molar-refractivity contribution is 0.632. The molecule has 0 fully saturated rings. The minimum Gasteiger partial charge on any atom is -0.337 e. The molecule has 1 aromatic heterocycles. The van der Waals surface area contributed by atoms with Crippen LogP contribution in [0.5, 0.6) is 0 Å². The van der Waals surface area contributed by atoms with Gasteiger partial charge in [-0.2, -0.15) is 5.26 Å². The molecular weight excluding hydrogens is 277 g/mol. The molecule has 3 nitrogen and oxygen atoms in total. The van der Waals surface area contributed by atoms with Crippen molar-refractivity contribution < 1.29 is 4.39 Å². The van der Waals surface area contributed by atoms with Gasteiger partial charge in [0.2, 0.25) is 0 Å². The van der Waals surface area contributed by atoms with Crippen LogP contribution in [0.25, 0.3) is 0 Å². The molecule has 0 saturated carbocycles. The van der Waals surface area contributed by atoms with Gasteiger partial charge in [-0.15, -0.1) is 0 Å². The Morgan fingerprint density at radius 2 is 2.15 bits per heavy atom. The lowest BCUT2D eigenvalue weighted by Crippen LogP contribution is -2.02. The summed E-state index contributed by atoms with van der Waals surface area (Å²) in [6.07, 6.45) is 2.90. The molecule has 2 aromatic rings. The van der Waals surface area contributed by atoms with Crippen LogP contribution in [0.1, 0.15) is 23.2 Å². The molecule has 100 valence electrons. The van der Waals surface area contributed by atoms with Crippen LogP contribution in [0.2, 0.25) is 5.02 Å². The summed E-state index contributed by atoms with van der Waals surface area (Å²) >= 11 is 5.72. The van der Waals surface area contributed by atoms with Gasteiger partial charge in [-0.3, -0.25) is 0 Å². The molecule has 0 aliphatic heterocycles. The number of aromatic nitrogens is 1. The van der Waals surface area contributed by atoms with Gasteiger partial charge in [-0.25, -0.2) is 9.37 Å². The Kier molecular flexibility index (Phi) is 3.29. The molecule has 0 bridgehead atoms. The molecule has 0 radical (unpaired) electrons. The second kappa shape index (κ2) is 5.10. The Balaban J connectivity index is 2.00. The van der Waals surface area contributed by atoms with Crippen molar-refractivity contribution in [1.82, 2.24) is 4.98 Å². The number of hydrogen-bond donors (Lipinski definition) is 1. The summed E-state index contributed by atoms with van der Waals surface area (Å²) in [7, 11) is 0. The van der Waals surface area contributed by atoms with Crippen molar-refractivity contribution in [3.05, 3.63) is 51.9 Å². The predicted molar refractivity (Wildman–Crippen MR) is 75.7 cm³/mol. The van der Waals surface area contributed by atoms with Crippen LogP contribution in [0.4, 0.5) is 15.9 Å². The van der Waals surface area contributed by atoms with Crippen LogP contribution >= 0.6 is 11.6 Å². The van der Waals surface area contributed by atoms with E-state index in [0.29, 0.717) is 16.4 Å². The first kappa shape index (κ1) is 12.9. The molecule has 0 saturated heterocycles. The van der Waals surface area contributed by atoms with Crippen molar-refractivity contribution in [2.75, 3.05) is 5.32 Å². The van der Waals surface area contributed by atoms with Crippen LogP contribution in [-0.4, -0.2) is 4.98 Å². The summed E-state index contributed by atoms with van der Waals surface area (Å²) in [5, 5.41) is 12.4. The average molecular weight is 288 g/mol. The lowest BCUT2D eigenvalue weighted by atomic mass is 10.1. The SMILES string of the molecule is N#Cc1cc2c(nc1Nc1ccc(Cl)cc1F)CCC2. The number of nitriles is 1. The number of benzene rings is 1. The maximum atomic E-state index is 13.8. The van der Waals surface area contributed by atoms with E-state index in [2.05, 4.69) is 16.4 Å². The van der Waals surface area contributed by atoms with Gasteiger partial charge in [0, 0.05) is 10.7 Å². The first-order valence-electron chi connectivity index (χ1n) is 6.32. The number of nitrogens with one attached hydrogen (secondary N) is 1. The Labute approximate surface area is 121 Å². The average Bonchev–Trinajstić information content (AvgIpc) is 2.88. The van der Waals surface area contributed by atoms with Crippen LogP contribution in [0.3, 0.4) is 0 Å².